The normalized spacial score (nSPS) is 13.2. The van der Waals surface area contributed by atoms with Gasteiger partial charge in [-0.3, -0.25) is 4.79 Å². The van der Waals surface area contributed by atoms with Gasteiger partial charge in [-0.05, 0) is 56.2 Å². The van der Waals surface area contributed by atoms with Crippen LogP contribution in [-0.2, 0) is 9.59 Å². The fourth-order valence-electron chi connectivity index (χ4n) is 3.05. The fraction of sp³-hybridized carbons (Fsp3) is 0.300. The molecule has 1 aliphatic heterocycles. The first-order valence-corrected chi connectivity index (χ1v) is 8.41. The summed E-state index contributed by atoms with van der Waals surface area (Å²) in [4.78, 5) is 28.3. The second kappa shape index (κ2) is 6.97. The van der Waals surface area contributed by atoms with Crippen LogP contribution in [0.25, 0.3) is 0 Å². The van der Waals surface area contributed by atoms with Crippen LogP contribution >= 0.6 is 0 Å². The second-order valence-electron chi connectivity index (χ2n) is 6.28. The number of hydrogen-bond donors (Lipinski definition) is 0. The Morgan fingerprint density at radius 3 is 2.64 bits per heavy atom. The van der Waals surface area contributed by atoms with Crippen molar-refractivity contribution in [3.63, 3.8) is 0 Å². The molecule has 0 spiro atoms. The van der Waals surface area contributed by atoms with Crippen LogP contribution in [-0.4, -0.2) is 31.5 Å². The van der Waals surface area contributed by atoms with E-state index >= 15 is 0 Å². The Labute approximate surface area is 147 Å². The number of likely N-dealkylation sites (N-methyl/N-ethyl adjacent to an activating group) is 1. The Morgan fingerprint density at radius 1 is 1.16 bits per heavy atom. The Kier molecular flexibility index (Phi) is 4.74. The number of carbonyl (C=O) groups excluding carboxylic acids is 2. The molecule has 0 atom stereocenters. The highest BCUT2D eigenvalue weighted by Gasteiger charge is 2.27. The quantitative estimate of drug-likeness (QED) is 0.635. The van der Waals surface area contributed by atoms with Gasteiger partial charge in [-0.15, -0.1) is 0 Å². The van der Waals surface area contributed by atoms with Crippen molar-refractivity contribution in [1.29, 1.82) is 0 Å². The standard InChI is InChI=1S/C20H22N2O3/c1-4-22(16-7-5-6-14(2)10-16)19(23)12-21-13-20(24)25-18-11-15(3)8-9-17(18)21/h5-11H,4,12-13H2,1-3H3. The number of esters is 1. The van der Waals surface area contributed by atoms with Gasteiger partial charge in [-0.25, -0.2) is 4.79 Å². The molecule has 2 aromatic carbocycles. The van der Waals surface area contributed by atoms with Crippen molar-refractivity contribution in [2.45, 2.75) is 20.8 Å². The van der Waals surface area contributed by atoms with Crippen LogP contribution in [0.1, 0.15) is 18.1 Å². The van der Waals surface area contributed by atoms with Crippen LogP contribution in [0.5, 0.6) is 5.75 Å². The van der Waals surface area contributed by atoms with Crippen molar-refractivity contribution >= 4 is 23.3 Å². The molecule has 0 radical (unpaired) electrons. The minimum Gasteiger partial charge on any atom is -0.423 e. The number of carbonyl (C=O) groups is 2. The van der Waals surface area contributed by atoms with Gasteiger partial charge < -0.3 is 14.5 Å². The van der Waals surface area contributed by atoms with Gasteiger partial charge in [0.05, 0.1) is 12.2 Å². The van der Waals surface area contributed by atoms with E-state index in [1.807, 2.05) is 63.2 Å². The number of anilines is 2. The lowest BCUT2D eigenvalue weighted by molar-refractivity contribution is -0.133. The van der Waals surface area contributed by atoms with Crippen LogP contribution in [0, 0.1) is 13.8 Å². The summed E-state index contributed by atoms with van der Waals surface area (Å²) in [5, 5.41) is 0. The van der Waals surface area contributed by atoms with Crippen LogP contribution in [0.3, 0.4) is 0 Å². The minimum absolute atomic E-state index is 0.0469. The van der Waals surface area contributed by atoms with Gasteiger partial charge in [0.15, 0.2) is 5.75 Å². The fourth-order valence-corrected chi connectivity index (χ4v) is 3.05. The number of nitrogens with zero attached hydrogens (tertiary/aromatic N) is 2. The van der Waals surface area contributed by atoms with Crippen LogP contribution < -0.4 is 14.5 Å². The van der Waals surface area contributed by atoms with Crippen molar-refractivity contribution < 1.29 is 14.3 Å². The summed E-state index contributed by atoms with van der Waals surface area (Å²) in [6, 6.07) is 13.5. The second-order valence-corrected chi connectivity index (χ2v) is 6.28. The maximum Gasteiger partial charge on any atom is 0.331 e. The van der Waals surface area contributed by atoms with Crippen molar-refractivity contribution in [3.8, 4) is 5.75 Å². The van der Waals surface area contributed by atoms with Gasteiger partial charge in [0.1, 0.15) is 6.54 Å². The van der Waals surface area contributed by atoms with Crippen LogP contribution in [0.2, 0.25) is 0 Å². The molecule has 1 aliphatic rings. The highest BCUT2D eigenvalue weighted by molar-refractivity contribution is 5.98. The largest absolute Gasteiger partial charge is 0.423 e. The van der Waals surface area contributed by atoms with E-state index in [0.717, 1.165) is 22.5 Å². The van der Waals surface area contributed by atoms with Crippen molar-refractivity contribution in [2.24, 2.45) is 0 Å². The Bertz CT molecular complexity index is 816. The molecule has 5 heteroatoms. The first kappa shape index (κ1) is 17.0. The summed E-state index contributed by atoms with van der Waals surface area (Å²) in [6.07, 6.45) is 0. The van der Waals surface area contributed by atoms with E-state index in [1.165, 1.54) is 0 Å². The van der Waals surface area contributed by atoms with Crippen molar-refractivity contribution in [3.05, 3.63) is 53.6 Å². The molecule has 5 nitrogen and oxygen atoms in total. The number of amides is 1. The molecule has 0 N–H and O–H groups in total. The van der Waals surface area contributed by atoms with E-state index in [-0.39, 0.29) is 25.0 Å². The molecule has 0 saturated carbocycles. The Balaban J connectivity index is 1.84. The lowest BCUT2D eigenvalue weighted by Crippen LogP contribution is -2.45. The van der Waals surface area contributed by atoms with Crippen molar-refractivity contribution in [2.75, 3.05) is 29.4 Å². The van der Waals surface area contributed by atoms with E-state index in [1.54, 1.807) is 9.80 Å². The lowest BCUT2D eigenvalue weighted by Gasteiger charge is -2.31. The average molecular weight is 338 g/mol. The van der Waals surface area contributed by atoms with E-state index in [4.69, 9.17) is 4.74 Å². The third-order valence-electron chi connectivity index (χ3n) is 4.26. The number of ether oxygens (including phenoxy) is 1. The molecular formula is C20H22N2O3. The summed E-state index contributed by atoms with van der Waals surface area (Å²) in [5.41, 5.74) is 3.76. The zero-order valence-corrected chi connectivity index (χ0v) is 14.8. The highest BCUT2D eigenvalue weighted by atomic mass is 16.5. The molecule has 130 valence electrons. The third kappa shape index (κ3) is 3.65. The molecule has 0 aliphatic carbocycles. The van der Waals surface area contributed by atoms with Gasteiger partial charge in [0.25, 0.3) is 0 Å². The summed E-state index contributed by atoms with van der Waals surface area (Å²) in [6.45, 7) is 6.67. The van der Waals surface area contributed by atoms with Crippen molar-refractivity contribution in [1.82, 2.24) is 0 Å². The summed E-state index contributed by atoms with van der Waals surface area (Å²) in [5.74, 6) is 0.126. The maximum absolute atomic E-state index is 12.9. The SMILES string of the molecule is CCN(C(=O)CN1CC(=O)Oc2cc(C)ccc21)c1cccc(C)c1. The lowest BCUT2D eigenvalue weighted by atomic mass is 10.1. The molecular weight excluding hydrogens is 316 g/mol. The molecule has 3 rings (SSSR count). The smallest absolute Gasteiger partial charge is 0.331 e. The maximum atomic E-state index is 12.9. The average Bonchev–Trinajstić information content (AvgIpc) is 2.55. The predicted molar refractivity (Wildman–Crippen MR) is 98.2 cm³/mol. The first-order valence-electron chi connectivity index (χ1n) is 8.41. The van der Waals surface area contributed by atoms with E-state index in [2.05, 4.69) is 0 Å². The number of aryl methyl sites for hydroxylation is 2. The van der Waals surface area contributed by atoms with Crippen LogP contribution in [0.4, 0.5) is 11.4 Å². The monoisotopic (exact) mass is 338 g/mol. The highest BCUT2D eigenvalue weighted by Crippen LogP contribution is 2.32. The summed E-state index contributed by atoms with van der Waals surface area (Å²) >= 11 is 0. The first-order chi connectivity index (χ1) is 12.0. The summed E-state index contributed by atoms with van der Waals surface area (Å²) in [7, 11) is 0. The number of benzene rings is 2. The number of rotatable bonds is 4. The zero-order valence-electron chi connectivity index (χ0n) is 14.8. The summed E-state index contributed by atoms with van der Waals surface area (Å²) < 4.78 is 5.31. The van der Waals surface area contributed by atoms with Crippen LogP contribution in [0.15, 0.2) is 42.5 Å². The molecule has 2 aromatic rings. The molecule has 1 heterocycles. The predicted octanol–water partition coefficient (Wildman–Crippen LogP) is 3.08. The molecule has 25 heavy (non-hydrogen) atoms. The minimum atomic E-state index is -0.343. The molecule has 0 saturated heterocycles. The molecule has 0 bridgehead atoms. The van der Waals surface area contributed by atoms with Gasteiger partial charge in [-0.1, -0.05) is 18.2 Å². The van der Waals surface area contributed by atoms with E-state index in [9.17, 15) is 9.59 Å². The van der Waals surface area contributed by atoms with Gasteiger partial charge in [0.2, 0.25) is 5.91 Å². The number of fused-ring (bicyclic) bond motifs is 1. The molecule has 0 fully saturated rings. The van der Waals surface area contributed by atoms with E-state index in [0.29, 0.717) is 12.3 Å². The third-order valence-corrected chi connectivity index (χ3v) is 4.26. The molecule has 0 aromatic heterocycles. The zero-order chi connectivity index (χ0) is 18.0. The van der Waals surface area contributed by atoms with Gasteiger partial charge >= 0.3 is 5.97 Å². The Hall–Kier alpha value is -2.82. The van der Waals surface area contributed by atoms with Gasteiger partial charge in [-0.2, -0.15) is 0 Å². The van der Waals surface area contributed by atoms with E-state index < -0.39 is 0 Å². The topological polar surface area (TPSA) is 49.9 Å². The number of hydrogen-bond acceptors (Lipinski definition) is 4. The van der Waals surface area contributed by atoms with Gasteiger partial charge in [0, 0.05) is 12.2 Å². The molecule has 1 amide bonds. The molecule has 0 unspecified atom stereocenters. The Morgan fingerprint density at radius 2 is 1.92 bits per heavy atom.